The van der Waals surface area contributed by atoms with Gasteiger partial charge >= 0.3 is 0 Å². The average molecular weight is 417 g/mol. The zero-order valence-corrected chi connectivity index (χ0v) is 17.6. The quantitative estimate of drug-likeness (QED) is 0.663. The molecule has 1 fully saturated rings. The van der Waals surface area contributed by atoms with E-state index in [0.717, 1.165) is 24.8 Å². The van der Waals surface area contributed by atoms with Crippen LogP contribution < -0.4 is 0 Å². The van der Waals surface area contributed by atoms with Gasteiger partial charge in [0.25, 0.3) is 5.91 Å². The van der Waals surface area contributed by atoms with E-state index in [-0.39, 0.29) is 10.8 Å². The van der Waals surface area contributed by atoms with Crippen molar-refractivity contribution in [3.8, 4) is 0 Å². The minimum atomic E-state index is -3.50. The van der Waals surface area contributed by atoms with E-state index in [1.54, 1.807) is 24.1 Å². The second-order valence-electron chi connectivity index (χ2n) is 7.19. The van der Waals surface area contributed by atoms with Gasteiger partial charge in [-0.3, -0.25) is 4.79 Å². The number of carbonyl (C=O) groups excluding carboxylic acids is 1. The van der Waals surface area contributed by atoms with Crippen LogP contribution in [-0.2, 0) is 21.3 Å². The maximum atomic E-state index is 13.0. The third-order valence-corrected chi connectivity index (χ3v) is 7.04. The lowest BCUT2D eigenvalue weighted by molar-refractivity contribution is 0.0680. The number of benzene rings is 2. The molecule has 0 saturated carbocycles. The maximum Gasteiger partial charge on any atom is 0.254 e. The molecule has 0 aromatic heterocycles. The van der Waals surface area contributed by atoms with Crippen LogP contribution in [0.3, 0.4) is 0 Å². The van der Waals surface area contributed by atoms with Gasteiger partial charge in [-0.25, -0.2) is 8.42 Å². The van der Waals surface area contributed by atoms with E-state index in [0.29, 0.717) is 38.3 Å². The molecule has 1 aliphatic rings. The van der Waals surface area contributed by atoms with Crippen molar-refractivity contribution in [2.75, 3.05) is 33.4 Å². The van der Waals surface area contributed by atoms with Crippen LogP contribution in [0.15, 0.2) is 59.5 Å². The van der Waals surface area contributed by atoms with Gasteiger partial charge in [0.15, 0.2) is 0 Å². The van der Waals surface area contributed by atoms with Gasteiger partial charge in [-0.2, -0.15) is 4.31 Å². The fraction of sp³-hybridized carbons (Fsp3) is 0.409. The summed E-state index contributed by atoms with van der Waals surface area (Å²) < 4.78 is 32.3. The Morgan fingerprint density at radius 3 is 2.28 bits per heavy atom. The summed E-state index contributed by atoms with van der Waals surface area (Å²) in [7, 11) is -1.90. The van der Waals surface area contributed by atoms with Crippen LogP contribution in [0.25, 0.3) is 0 Å². The van der Waals surface area contributed by atoms with Crippen molar-refractivity contribution in [3.63, 3.8) is 0 Å². The van der Waals surface area contributed by atoms with Crippen molar-refractivity contribution in [1.29, 1.82) is 0 Å². The lowest BCUT2D eigenvalue weighted by atomic mass is 10.1. The third-order valence-electron chi connectivity index (χ3n) is 5.12. The van der Waals surface area contributed by atoms with E-state index >= 15 is 0 Å². The first-order valence-corrected chi connectivity index (χ1v) is 11.4. The molecule has 0 spiro atoms. The predicted octanol–water partition coefficient (Wildman–Crippen LogP) is 3.15. The van der Waals surface area contributed by atoms with Crippen molar-refractivity contribution in [2.24, 2.45) is 0 Å². The Morgan fingerprint density at radius 2 is 1.66 bits per heavy atom. The molecule has 6 nitrogen and oxygen atoms in total. The molecule has 1 amide bonds. The number of rotatable bonds is 8. The highest BCUT2D eigenvalue weighted by molar-refractivity contribution is 7.89. The second kappa shape index (κ2) is 10.0. The zero-order valence-electron chi connectivity index (χ0n) is 16.8. The summed E-state index contributed by atoms with van der Waals surface area (Å²) in [6, 6.07) is 16.0. The number of carbonyl (C=O) groups is 1. The van der Waals surface area contributed by atoms with Gasteiger partial charge in [0.05, 0.1) is 11.5 Å². The van der Waals surface area contributed by atoms with Crippen LogP contribution in [0.1, 0.15) is 35.2 Å². The van der Waals surface area contributed by atoms with Crippen LogP contribution in [0, 0.1) is 0 Å². The van der Waals surface area contributed by atoms with Crippen LogP contribution in [0.2, 0.25) is 0 Å². The van der Waals surface area contributed by atoms with E-state index < -0.39 is 10.0 Å². The van der Waals surface area contributed by atoms with E-state index in [9.17, 15) is 13.2 Å². The van der Waals surface area contributed by atoms with Gasteiger partial charge in [0.1, 0.15) is 0 Å². The monoisotopic (exact) mass is 416 g/mol. The number of nitrogens with zero attached hydrogens (tertiary/aromatic N) is 2. The largest absolute Gasteiger partial charge is 0.383 e. The van der Waals surface area contributed by atoms with Crippen LogP contribution in [-0.4, -0.2) is 56.9 Å². The van der Waals surface area contributed by atoms with Crippen molar-refractivity contribution in [2.45, 2.75) is 30.7 Å². The van der Waals surface area contributed by atoms with Gasteiger partial charge in [-0.15, -0.1) is 0 Å². The van der Waals surface area contributed by atoms with Crippen LogP contribution >= 0.6 is 0 Å². The molecule has 0 unspecified atom stereocenters. The lowest BCUT2D eigenvalue weighted by Gasteiger charge is -2.26. The summed E-state index contributed by atoms with van der Waals surface area (Å²) in [4.78, 5) is 15.0. The molecular formula is C22H28N2O4S. The Labute approximate surface area is 173 Å². The number of amides is 1. The van der Waals surface area contributed by atoms with E-state index in [1.165, 1.54) is 16.4 Å². The van der Waals surface area contributed by atoms with Gasteiger partial charge in [0, 0.05) is 38.9 Å². The number of piperidine rings is 1. The van der Waals surface area contributed by atoms with Gasteiger partial charge in [-0.05, 0) is 42.7 Å². The fourth-order valence-corrected chi connectivity index (χ4v) is 4.98. The SMILES string of the molecule is COCCN(Cc1ccccc1)C(=O)c1ccc(S(=O)(=O)N2CCCCC2)cc1. The first-order chi connectivity index (χ1) is 14.0. The van der Waals surface area contributed by atoms with E-state index in [2.05, 4.69) is 0 Å². The number of sulfonamides is 1. The first kappa shape index (κ1) is 21.5. The second-order valence-corrected chi connectivity index (χ2v) is 9.13. The summed E-state index contributed by atoms with van der Waals surface area (Å²) in [6.07, 6.45) is 2.85. The van der Waals surface area contributed by atoms with Gasteiger partial charge in [0.2, 0.25) is 10.0 Å². The third kappa shape index (κ3) is 5.44. The minimum Gasteiger partial charge on any atom is -0.383 e. The highest BCUT2D eigenvalue weighted by atomic mass is 32.2. The summed E-state index contributed by atoms with van der Waals surface area (Å²) in [5.41, 5.74) is 1.50. The number of hydrogen-bond acceptors (Lipinski definition) is 4. The molecular weight excluding hydrogens is 388 g/mol. The predicted molar refractivity (Wildman–Crippen MR) is 112 cm³/mol. The first-order valence-electron chi connectivity index (χ1n) is 9.95. The summed E-state index contributed by atoms with van der Waals surface area (Å²) in [6.45, 7) is 2.48. The molecule has 29 heavy (non-hydrogen) atoms. The Kier molecular flexibility index (Phi) is 7.41. The lowest BCUT2D eigenvalue weighted by Crippen LogP contribution is -2.35. The summed E-state index contributed by atoms with van der Waals surface area (Å²) in [5.74, 6) is -0.146. The molecule has 156 valence electrons. The van der Waals surface area contributed by atoms with Crippen LogP contribution in [0.5, 0.6) is 0 Å². The van der Waals surface area contributed by atoms with E-state index in [4.69, 9.17) is 4.74 Å². The molecule has 1 aliphatic heterocycles. The Hall–Kier alpha value is -2.22. The number of ether oxygens (including phenoxy) is 1. The number of hydrogen-bond donors (Lipinski definition) is 0. The summed E-state index contributed by atoms with van der Waals surface area (Å²) in [5, 5.41) is 0. The maximum absolute atomic E-state index is 13.0. The number of methoxy groups -OCH3 is 1. The molecule has 0 bridgehead atoms. The Balaban J connectivity index is 1.76. The minimum absolute atomic E-state index is 0.146. The molecule has 7 heteroatoms. The van der Waals surface area contributed by atoms with Crippen molar-refractivity contribution in [1.82, 2.24) is 9.21 Å². The molecule has 0 atom stereocenters. The van der Waals surface area contributed by atoms with Crippen LogP contribution in [0.4, 0.5) is 0 Å². The normalized spacial score (nSPS) is 15.2. The zero-order chi connectivity index (χ0) is 20.7. The van der Waals surface area contributed by atoms with Crippen molar-refractivity contribution >= 4 is 15.9 Å². The Morgan fingerprint density at radius 1 is 1.00 bits per heavy atom. The van der Waals surface area contributed by atoms with E-state index in [1.807, 2.05) is 30.3 Å². The highest BCUT2D eigenvalue weighted by Gasteiger charge is 2.26. The molecule has 1 heterocycles. The van der Waals surface area contributed by atoms with Crippen molar-refractivity contribution < 1.29 is 17.9 Å². The topological polar surface area (TPSA) is 66.9 Å². The van der Waals surface area contributed by atoms with Crippen molar-refractivity contribution in [3.05, 3.63) is 65.7 Å². The standard InChI is InChI=1S/C22H28N2O4S/c1-28-17-16-23(18-19-8-4-2-5-9-19)22(25)20-10-12-21(13-11-20)29(26,27)24-14-6-3-7-15-24/h2,4-5,8-13H,3,6-7,14-18H2,1H3. The molecule has 0 aliphatic carbocycles. The molecule has 2 aromatic rings. The van der Waals surface area contributed by atoms with Gasteiger partial charge < -0.3 is 9.64 Å². The van der Waals surface area contributed by atoms with Gasteiger partial charge in [-0.1, -0.05) is 36.8 Å². The average Bonchev–Trinajstić information content (AvgIpc) is 2.77. The highest BCUT2D eigenvalue weighted by Crippen LogP contribution is 2.21. The molecule has 3 rings (SSSR count). The Bertz CT molecular complexity index is 892. The molecule has 2 aromatic carbocycles. The fourth-order valence-electron chi connectivity index (χ4n) is 3.46. The summed E-state index contributed by atoms with van der Waals surface area (Å²) >= 11 is 0. The molecule has 1 saturated heterocycles. The molecule has 0 radical (unpaired) electrons. The molecule has 0 N–H and O–H groups in total. The smallest absolute Gasteiger partial charge is 0.254 e.